The summed E-state index contributed by atoms with van der Waals surface area (Å²) in [5.41, 5.74) is 0.554. The van der Waals surface area contributed by atoms with E-state index in [1.165, 1.54) is 25.1 Å². The van der Waals surface area contributed by atoms with Crippen LogP contribution in [-0.2, 0) is 35.0 Å². The van der Waals surface area contributed by atoms with Crippen molar-refractivity contribution in [1.82, 2.24) is 5.32 Å². The first-order valence-corrected chi connectivity index (χ1v) is 12.1. The molecular formula is C27H29ClFNO7. The first-order valence-electron chi connectivity index (χ1n) is 11.7. The molecule has 1 amide bonds. The molecule has 0 aliphatic carbocycles. The highest BCUT2D eigenvalue weighted by Gasteiger charge is 2.50. The van der Waals surface area contributed by atoms with Gasteiger partial charge in [-0.05, 0) is 56.5 Å². The first kappa shape index (κ1) is 28.1. The molecule has 1 saturated heterocycles. The molecule has 0 saturated carbocycles. The van der Waals surface area contributed by atoms with Gasteiger partial charge in [0.15, 0.2) is 5.78 Å². The fourth-order valence-corrected chi connectivity index (χ4v) is 3.86. The van der Waals surface area contributed by atoms with E-state index in [4.69, 9.17) is 25.8 Å². The van der Waals surface area contributed by atoms with Gasteiger partial charge < -0.3 is 19.5 Å². The van der Waals surface area contributed by atoms with Gasteiger partial charge in [0.05, 0.1) is 6.04 Å². The van der Waals surface area contributed by atoms with Gasteiger partial charge in [-0.1, -0.05) is 42.8 Å². The number of nitrogens with one attached hydrogen (secondary N) is 1. The molecule has 0 radical (unpaired) electrons. The second-order valence-electron chi connectivity index (χ2n) is 9.89. The number of amides is 1. The van der Waals surface area contributed by atoms with Gasteiger partial charge in [-0.15, -0.1) is 0 Å². The van der Waals surface area contributed by atoms with Crippen LogP contribution in [0.2, 0.25) is 5.02 Å². The number of Topliss-reactive ketones (excluding diaryl/α,β-unsaturated/α-hetero) is 1. The van der Waals surface area contributed by atoms with E-state index in [1.54, 1.807) is 52.0 Å². The molecule has 0 bridgehead atoms. The number of alkyl carbamates (subject to hydrolysis) is 1. The average Bonchev–Trinajstić information content (AvgIpc) is 2.79. The number of carbonyl (C=O) groups is 4. The Morgan fingerprint density at radius 2 is 1.70 bits per heavy atom. The van der Waals surface area contributed by atoms with Crippen molar-refractivity contribution in [3.63, 3.8) is 0 Å². The number of carbonyl (C=O) groups excluding carboxylic acids is 4. The molecule has 1 N–H and O–H groups in total. The number of hydrogen-bond acceptors (Lipinski definition) is 7. The number of ether oxygens (including phenoxy) is 3. The maximum atomic E-state index is 14.3. The van der Waals surface area contributed by atoms with E-state index in [-0.39, 0.29) is 12.8 Å². The zero-order chi connectivity index (χ0) is 27.5. The number of cyclic esters (lactones) is 2. The van der Waals surface area contributed by atoms with Crippen LogP contribution in [0.25, 0.3) is 11.1 Å². The smallest absolute Gasteiger partial charge is 0.408 e. The van der Waals surface area contributed by atoms with Crippen LogP contribution in [0.4, 0.5) is 9.18 Å². The van der Waals surface area contributed by atoms with Gasteiger partial charge in [0.2, 0.25) is 5.92 Å². The molecule has 0 unspecified atom stereocenters. The van der Waals surface area contributed by atoms with E-state index in [0.29, 0.717) is 21.7 Å². The second-order valence-corrected chi connectivity index (χ2v) is 10.3. The molecule has 1 aliphatic rings. The summed E-state index contributed by atoms with van der Waals surface area (Å²) in [4.78, 5) is 51.1. The molecular weight excluding hydrogens is 505 g/mol. The average molecular weight is 534 g/mol. The molecule has 0 spiro atoms. The van der Waals surface area contributed by atoms with Gasteiger partial charge in [-0.2, -0.15) is 0 Å². The second kappa shape index (κ2) is 10.9. The van der Waals surface area contributed by atoms with Crippen LogP contribution >= 0.6 is 11.6 Å². The highest BCUT2D eigenvalue weighted by Crippen LogP contribution is 2.29. The SMILES string of the molecule is CCC1(C)OC(=O)C(C(=O)[C@@H](Cc2ccc(-c3cc(Cl)ccc3F)cc2)NC(=O)OC(C)(C)C)C(=O)O1. The highest BCUT2D eigenvalue weighted by molar-refractivity contribution is 6.30. The molecule has 3 rings (SSSR count). The third kappa shape index (κ3) is 7.07. The van der Waals surface area contributed by atoms with Crippen LogP contribution in [0.5, 0.6) is 0 Å². The summed E-state index contributed by atoms with van der Waals surface area (Å²) in [6.07, 6.45) is -0.789. The molecule has 2 aromatic rings. The molecule has 1 atom stereocenters. The molecule has 1 fully saturated rings. The third-order valence-corrected chi connectivity index (χ3v) is 5.93. The summed E-state index contributed by atoms with van der Waals surface area (Å²) in [5.74, 6) is -6.78. The van der Waals surface area contributed by atoms with Gasteiger partial charge in [-0.3, -0.25) is 14.4 Å². The van der Waals surface area contributed by atoms with Gasteiger partial charge >= 0.3 is 18.0 Å². The summed E-state index contributed by atoms with van der Waals surface area (Å²) >= 11 is 5.99. The van der Waals surface area contributed by atoms with Crippen LogP contribution in [0.15, 0.2) is 42.5 Å². The first-order chi connectivity index (χ1) is 17.2. The summed E-state index contributed by atoms with van der Waals surface area (Å²) < 4.78 is 29.9. The Labute approximate surface area is 219 Å². The van der Waals surface area contributed by atoms with Crippen LogP contribution in [-0.4, -0.2) is 41.2 Å². The molecule has 37 heavy (non-hydrogen) atoms. The van der Waals surface area contributed by atoms with E-state index in [2.05, 4.69) is 5.32 Å². The number of rotatable bonds is 7. The predicted molar refractivity (Wildman–Crippen MR) is 133 cm³/mol. The minimum absolute atomic E-state index is 0.0848. The Balaban J connectivity index is 1.86. The van der Waals surface area contributed by atoms with E-state index in [9.17, 15) is 23.6 Å². The normalized spacial score (nSPS) is 20.5. The lowest BCUT2D eigenvalue weighted by atomic mass is 9.92. The fraction of sp³-hybridized carbons (Fsp3) is 0.407. The molecule has 198 valence electrons. The zero-order valence-electron chi connectivity index (χ0n) is 21.2. The predicted octanol–water partition coefficient (Wildman–Crippen LogP) is 4.99. The maximum absolute atomic E-state index is 14.3. The fourth-order valence-electron chi connectivity index (χ4n) is 3.69. The quantitative estimate of drug-likeness (QED) is 0.394. The highest BCUT2D eigenvalue weighted by atomic mass is 35.5. The molecule has 2 aromatic carbocycles. The molecule has 1 heterocycles. The van der Waals surface area contributed by atoms with Gasteiger partial charge in [0, 0.05) is 23.9 Å². The molecule has 0 aromatic heterocycles. The Kier molecular flexibility index (Phi) is 8.27. The monoisotopic (exact) mass is 533 g/mol. The summed E-state index contributed by atoms with van der Waals surface area (Å²) in [5, 5.41) is 2.83. The summed E-state index contributed by atoms with van der Waals surface area (Å²) in [7, 11) is 0. The van der Waals surface area contributed by atoms with Gasteiger partial charge in [0.25, 0.3) is 5.79 Å². The standard InChI is InChI=1S/C27H29ClFNO7/c1-6-27(5)35-23(32)21(24(33)36-27)22(31)20(30-25(34)37-26(2,3)4)13-15-7-9-16(10-8-15)18-14-17(28)11-12-19(18)29/h7-12,14,20-21H,6,13H2,1-5H3,(H,30,34)/t20-,21?,27?/m1/s1. The van der Waals surface area contributed by atoms with Crippen molar-refractivity contribution in [1.29, 1.82) is 0 Å². The Bertz CT molecular complexity index is 1190. The van der Waals surface area contributed by atoms with Crippen molar-refractivity contribution in [2.24, 2.45) is 5.92 Å². The van der Waals surface area contributed by atoms with E-state index >= 15 is 0 Å². The van der Waals surface area contributed by atoms with Crippen molar-refractivity contribution in [3.8, 4) is 11.1 Å². The van der Waals surface area contributed by atoms with Crippen LogP contribution in [0.3, 0.4) is 0 Å². The van der Waals surface area contributed by atoms with Crippen molar-refractivity contribution < 1.29 is 37.8 Å². The summed E-state index contributed by atoms with van der Waals surface area (Å²) in [6, 6.07) is 9.42. The van der Waals surface area contributed by atoms with Crippen LogP contribution < -0.4 is 5.32 Å². The Morgan fingerprint density at radius 1 is 1.11 bits per heavy atom. The topological polar surface area (TPSA) is 108 Å². The van der Waals surface area contributed by atoms with E-state index in [1.807, 2.05) is 0 Å². The number of esters is 2. The Morgan fingerprint density at radius 3 is 2.24 bits per heavy atom. The van der Waals surface area contributed by atoms with E-state index in [0.717, 1.165) is 0 Å². The number of hydrogen-bond donors (Lipinski definition) is 1. The third-order valence-electron chi connectivity index (χ3n) is 5.70. The number of ketones is 1. The molecule has 1 aliphatic heterocycles. The van der Waals surface area contributed by atoms with Crippen molar-refractivity contribution in [2.75, 3.05) is 0 Å². The van der Waals surface area contributed by atoms with Crippen molar-refractivity contribution in [2.45, 2.75) is 64.9 Å². The lowest BCUT2D eigenvalue weighted by Gasteiger charge is -2.35. The van der Waals surface area contributed by atoms with Crippen LogP contribution in [0, 0.1) is 11.7 Å². The minimum Gasteiger partial charge on any atom is -0.444 e. The minimum atomic E-state index is -1.86. The maximum Gasteiger partial charge on any atom is 0.408 e. The number of halogens is 2. The van der Waals surface area contributed by atoms with Crippen molar-refractivity contribution in [3.05, 3.63) is 58.9 Å². The largest absolute Gasteiger partial charge is 0.444 e. The zero-order valence-corrected chi connectivity index (χ0v) is 22.0. The number of benzene rings is 2. The van der Waals surface area contributed by atoms with Crippen LogP contribution in [0.1, 0.15) is 46.6 Å². The van der Waals surface area contributed by atoms with Gasteiger partial charge in [-0.25, -0.2) is 9.18 Å². The lowest BCUT2D eigenvalue weighted by Crippen LogP contribution is -2.55. The summed E-state index contributed by atoms with van der Waals surface area (Å²) in [6.45, 7) is 8.04. The molecule has 8 nitrogen and oxygen atoms in total. The van der Waals surface area contributed by atoms with Gasteiger partial charge in [0.1, 0.15) is 11.4 Å². The Hall–Kier alpha value is -3.46. The lowest BCUT2D eigenvalue weighted by molar-refractivity contribution is -0.245. The van der Waals surface area contributed by atoms with Crippen molar-refractivity contribution >= 4 is 35.4 Å². The van der Waals surface area contributed by atoms with E-state index < -0.39 is 53.0 Å². The molecule has 10 heteroatoms.